The van der Waals surface area contributed by atoms with Crippen molar-refractivity contribution in [2.24, 2.45) is 4.99 Å². The standard InChI is InChI=1S/C21H16BrNO/c1-15-7-9-17(10-8-15)21(24)19-13-18(22)11-12-20(19)23-14-16-5-3-2-4-6-16/h2-14H,1H3. The molecule has 0 radical (unpaired) electrons. The Kier molecular flexibility index (Phi) is 5.02. The molecule has 3 aromatic rings. The van der Waals surface area contributed by atoms with Crippen molar-refractivity contribution in [1.29, 1.82) is 0 Å². The quantitative estimate of drug-likeness (QED) is 0.421. The van der Waals surface area contributed by atoms with Gasteiger partial charge in [-0.1, -0.05) is 76.1 Å². The number of aliphatic imine (C=N–C) groups is 1. The fourth-order valence-corrected chi connectivity index (χ4v) is 2.71. The molecule has 2 nitrogen and oxygen atoms in total. The van der Waals surface area contributed by atoms with Gasteiger partial charge in [0.05, 0.1) is 5.69 Å². The lowest BCUT2D eigenvalue weighted by molar-refractivity contribution is 0.103. The van der Waals surface area contributed by atoms with Crippen LogP contribution in [-0.4, -0.2) is 12.0 Å². The average Bonchev–Trinajstić information content (AvgIpc) is 2.61. The molecule has 3 rings (SSSR count). The summed E-state index contributed by atoms with van der Waals surface area (Å²) in [5, 5.41) is 0. The monoisotopic (exact) mass is 377 g/mol. The maximum absolute atomic E-state index is 12.8. The third kappa shape index (κ3) is 3.87. The zero-order valence-electron chi connectivity index (χ0n) is 13.2. The molecule has 118 valence electrons. The third-order valence-electron chi connectivity index (χ3n) is 3.67. The molecular weight excluding hydrogens is 362 g/mol. The smallest absolute Gasteiger partial charge is 0.195 e. The number of ketones is 1. The van der Waals surface area contributed by atoms with Crippen LogP contribution in [0.15, 0.2) is 82.3 Å². The normalized spacial score (nSPS) is 10.9. The van der Waals surface area contributed by atoms with Gasteiger partial charge < -0.3 is 0 Å². The van der Waals surface area contributed by atoms with Crippen molar-refractivity contribution in [1.82, 2.24) is 0 Å². The molecule has 0 bridgehead atoms. The van der Waals surface area contributed by atoms with Crippen molar-refractivity contribution >= 4 is 33.6 Å². The summed E-state index contributed by atoms with van der Waals surface area (Å²) in [6, 6.07) is 23.0. The predicted octanol–water partition coefficient (Wildman–Crippen LogP) is 5.74. The summed E-state index contributed by atoms with van der Waals surface area (Å²) in [6.07, 6.45) is 1.77. The number of aryl methyl sites for hydroxylation is 1. The highest BCUT2D eigenvalue weighted by Gasteiger charge is 2.13. The molecule has 0 N–H and O–H groups in total. The molecule has 0 heterocycles. The molecule has 3 aromatic carbocycles. The zero-order chi connectivity index (χ0) is 16.9. The minimum Gasteiger partial charge on any atom is -0.289 e. The molecule has 0 spiro atoms. The van der Waals surface area contributed by atoms with Crippen molar-refractivity contribution in [3.63, 3.8) is 0 Å². The molecule has 0 atom stereocenters. The Morgan fingerprint density at radius 1 is 0.958 bits per heavy atom. The van der Waals surface area contributed by atoms with Crippen molar-refractivity contribution in [2.75, 3.05) is 0 Å². The summed E-state index contributed by atoms with van der Waals surface area (Å²) in [4.78, 5) is 17.4. The molecule has 0 amide bonds. The number of halogens is 1. The van der Waals surface area contributed by atoms with E-state index in [0.29, 0.717) is 16.8 Å². The Morgan fingerprint density at radius 2 is 1.67 bits per heavy atom. The molecule has 24 heavy (non-hydrogen) atoms. The minimum atomic E-state index is -0.0310. The van der Waals surface area contributed by atoms with Crippen LogP contribution >= 0.6 is 15.9 Å². The van der Waals surface area contributed by atoms with E-state index in [4.69, 9.17) is 0 Å². The minimum absolute atomic E-state index is 0.0310. The first kappa shape index (κ1) is 16.3. The van der Waals surface area contributed by atoms with E-state index in [2.05, 4.69) is 20.9 Å². The number of nitrogens with zero attached hydrogens (tertiary/aromatic N) is 1. The Labute approximate surface area is 150 Å². The molecular formula is C21H16BrNO. The van der Waals surface area contributed by atoms with E-state index >= 15 is 0 Å². The van der Waals surface area contributed by atoms with Gasteiger partial charge in [-0.05, 0) is 30.7 Å². The Balaban J connectivity index is 1.98. The number of rotatable bonds is 4. The van der Waals surface area contributed by atoms with E-state index in [0.717, 1.165) is 15.6 Å². The van der Waals surface area contributed by atoms with E-state index in [-0.39, 0.29) is 5.78 Å². The van der Waals surface area contributed by atoms with Gasteiger partial charge in [-0.15, -0.1) is 0 Å². The van der Waals surface area contributed by atoms with Crippen molar-refractivity contribution in [3.05, 3.63) is 99.5 Å². The van der Waals surface area contributed by atoms with Gasteiger partial charge in [0.1, 0.15) is 0 Å². The second-order valence-corrected chi connectivity index (χ2v) is 6.44. The summed E-state index contributed by atoms with van der Waals surface area (Å²) >= 11 is 3.44. The molecule has 0 saturated carbocycles. The van der Waals surface area contributed by atoms with Crippen LogP contribution in [0.1, 0.15) is 27.0 Å². The second-order valence-electron chi connectivity index (χ2n) is 5.53. The van der Waals surface area contributed by atoms with Gasteiger partial charge in [-0.2, -0.15) is 0 Å². The predicted molar refractivity (Wildman–Crippen MR) is 102 cm³/mol. The van der Waals surface area contributed by atoms with E-state index < -0.39 is 0 Å². The van der Waals surface area contributed by atoms with Crippen molar-refractivity contribution < 1.29 is 4.79 Å². The van der Waals surface area contributed by atoms with Gasteiger partial charge in [0.15, 0.2) is 5.78 Å². The molecule has 0 aliphatic carbocycles. The molecule has 0 fully saturated rings. The first-order valence-electron chi connectivity index (χ1n) is 7.63. The largest absolute Gasteiger partial charge is 0.289 e. The Morgan fingerprint density at radius 3 is 2.38 bits per heavy atom. The van der Waals surface area contributed by atoms with E-state index in [1.165, 1.54) is 0 Å². The molecule has 0 saturated heterocycles. The second kappa shape index (κ2) is 7.37. The number of hydrogen-bond donors (Lipinski definition) is 0. The molecule has 0 aliphatic heterocycles. The molecule has 0 unspecified atom stereocenters. The lowest BCUT2D eigenvalue weighted by Crippen LogP contribution is -2.02. The van der Waals surface area contributed by atoms with Gasteiger partial charge >= 0.3 is 0 Å². The SMILES string of the molecule is Cc1ccc(C(=O)c2cc(Br)ccc2N=Cc2ccccc2)cc1. The molecule has 0 aromatic heterocycles. The van der Waals surface area contributed by atoms with Crippen LogP contribution in [0.5, 0.6) is 0 Å². The first-order valence-corrected chi connectivity index (χ1v) is 8.43. The van der Waals surface area contributed by atoms with Crippen molar-refractivity contribution in [3.8, 4) is 0 Å². The fraction of sp³-hybridized carbons (Fsp3) is 0.0476. The third-order valence-corrected chi connectivity index (χ3v) is 4.16. The summed E-state index contributed by atoms with van der Waals surface area (Å²) in [7, 11) is 0. The van der Waals surface area contributed by atoms with Gasteiger partial charge in [0.2, 0.25) is 0 Å². The van der Waals surface area contributed by atoms with Gasteiger partial charge in [-0.25, -0.2) is 0 Å². The summed E-state index contributed by atoms with van der Waals surface area (Å²) in [5.74, 6) is -0.0310. The van der Waals surface area contributed by atoms with Crippen LogP contribution in [-0.2, 0) is 0 Å². The van der Waals surface area contributed by atoms with Crippen LogP contribution in [0.2, 0.25) is 0 Å². The highest BCUT2D eigenvalue weighted by Crippen LogP contribution is 2.26. The van der Waals surface area contributed by atoms with Gasteiger partial charge in [0, 0.05) is 21.8 Å². The van der Waals surface area contributed by atoms with E-state index in [1.54, 1.807) is 6.21 Å². The lowest BCUT2D eigenvalue weighted by atomic mass is 10.0. The highest BCUT2D eigenvalue weighted by molar-refractivity contribution is 9.10. The lowest BCUT2D eigenvalue weighted by Gasteiger charge is -2.06. The number of carbonyl (C=O) groups is 1. The van der Waals surface area contributed by atoms with Crippen LogP contribution in [0.4, 0.5) is 5.69 Å². The van der Waals surface area contributed by atoms with Crippen LogP contribution in [0.3, 0.4) is 0 Å². The summed E-state index contributed by atoms with van der Waals surface area (Å²) < 4.78 is 0.858. The average molecular weight is 378 g/mol. The summed E-state index contributed by atoms with van der Waals surface area (Å²) in [5.41, 5.74) is 4.03. The Hall–Kier alpha value is -2.52. The van der Waals surface area contributed by atoms with Crippen LogP contribution in [0, 0.1) is 6.92 Å². The van der Waals surface area contributed by atoms with Crippen LogP contribution < -0.4 is 0 Å². The number of hydrogen-bond acceptors (Lipinski definition) is 2. The van der Waals surface area contributed by atoms with Crippen molar-refractivity contribution in [2.45, 2.75) is 6.92 Å². The van der Waals surface area contributed by atoms with Gasteiger partial charge in [0.25, 0.3) is 0 Å². The van der Waals surface area contributed by atoms with Gasteiger partial charge in [-0.3, -0.25) is 9.79 Å². The number of carbonyl (C=O) groups excluding carboxylic acids is 1. The summed E-state index contributed by atoms with van der Waals surface area (Å²) in [6.45, 7) is 2.00. The van der Waals surface area contributed by atoms with Crippen LogP contribution in [0.25, 0.3) is 0 Å². The fourth-order valence-electron chi connectivity index (χ4n) is 2.35. The molecule has 0 aliphatic rings. The maximum atomic E-state index is 12.8. The molecule has 3 heteroatoms. The van der Waals surface area contributed by atoms with E-state index in [1.807, 2.05) is 79.7 Å². The maximum Gasteiger partial charge on any atom is 0.195 e. The van der Waals surface area contributed by atoms with E-state index in [9.17, 15) is 4.79 Å². The Bertz CT molecular complexity index is 883. The number of benzene rings is 3. The topological polar surface area (TPSA) is 29.4 Å². The zero-order valence-corrected chi connectivity index (χ0v) is 14.8. The highest BCUT2D eigenvalue weighted by atomic mass is 79.9. The first-order chi connectivity index (χ1) is 11.6.